The lowest BCUT2D eigenvalue weighted by molar-refractivity contribution is -0.127. The molecular weight excluding hydrogens is 465 g/mol. The van der Waals surface area contributed by atoms with Gasteiger partial charge in [0.05, 0.1) is 0 Å². The van der Waals surface area contributed by atoms with Crippen molar-refractivity contribution in [2.24, 2.45) is 0 Å². The Morgan fingerprint density at radius 1 is 1.14 bits per heavy atom. The Balaban J connectivity index is 1.59. The zero-order chi connectivity index (χ0) is 25.5. The first-order valence-electron chi connectivity index (χ1n) is 11.9. The molecule has 1 atom stereocenters. The molecule has 0 spiro atoms. The van der Waals surface area contributed by atoms with Crippen molar-refractivity contribution < 1.29 is 23.3 Å². The highest BCUT2D eigenvalue weighted by Gasteiger charge is 2.34. The number of hydrogen-bond acceptors (Lipinski definition) is 6. The van der Waals surface area contributed by atoms with Crippen molar-refractivity contribution in [3.63, 3.8) is 0 Å². The van der Waals surface area contributed by atoms with E-state index in [1.807, 2.05) is 0 Å². The van der Waals surface area contributed by atoms with Crippen molar-refractivity contribution >= 4 is 29.2 Å². The van der Waals surface area contributed by atoms with Gasteiger partial charge < -0.3 is 15.2 Å². The van der Waals surface area contributed by atoms with Crippen LogP contribution in [0.5, 0.6) is 0 Å². The SMILES string of the molecule is Cc1cc(NC(=O)CCC(=O)N(c2ccc(F)cc2)[C@H](C(=O)NC2CCCC2)c2cccnc2)no1. The van der Waals surface area contributed by atoms with Gasteiger partial charge >= 0.3 is 0 Å². The van der Waals surface area contributed by atoms with Crippen LogP contribution in [0.25, 0.3) is 0 Å². The number of carbonyl (C=O) groups excluding carboxylic acids is 3. The monoisotopic (exact) mass is 493 g/mol. The molecule has 1 aromatic carbocycles. The average Bonchev–Trinajstić information content (AvgIpc) is 3.53. The van der Waals surface area contributed by atoms with Gasteiger partial charge in [0, 0.05) is 48.6 Å². The molecule has 1 fully saturated rings. The molecule has 3 amide bonds. The van der Waals surface area contributed by atoms with Gasteiger partial charge in [-0.3, -0.25) is 24.3 Å². The van der Waals surface area contributed by atoms with Gasteiger partial charge in [0.1, 0.15) is 17.6 Å². The molecule has 3 aromatic rings. The van der Waals surface area contributed by atoms with Crippen LogP contribution in [0.15, 0.2) is 59.4 Å². The maximum Gasteiger partial charge on any atom is 0.248 e. The number of benzene rings is 1. The number of amides is 3. The highest BCUT2D eigenvalue weighted by Crippen LogP contribution is 2.30. The number of nitrogens with one attached hydrogen (secondary N) is 2. The van der Waals surface area contributed by atoms with Crippen LogP contribution in [0.4, 0.5) is 15.9 Å². The number of halogens is 1. The highest BCUT2D eigenvalue weighted by molar-refractivity contribution is 6.03. The molecule has 1 aliphatic carbocycles. The minimum absolute atomic E-state index is 0.0264. The first-order chi connectivity index (χ1) is 17.4. The van der Waals surface area contributed by atoms with Crippen molar-refractivity contribution in [1.82, 2.24) is 15.5 Å². The van der Waals surface area contributed by atoms with Gasteiger partial charge in [-0.1, -0.05) is 24.1 Å². The first-order valence-corrected chi connectivity index (χ1v) is 11.9. The number of carbonyl (C=O) groups is 3. The summed E-state index contributed by atoms with van der Waals surface area (Å²) in [6.07, 6.45) is 6.58. The lowest BCUT2D eigenvalue weighted by atomic mass is 10.0. The molecule has 2 aromatic heterocycles. The maximum absolute atomic E-state index is 13.7. The molecule has 1 saturated carbocycles. The topological polar surface area (TPSA) is 117 Å². The molecule has 0 aliphatic heterocycles. The van der Waals surface area contributed by atoms with E-state index in [0.717, 1.165) is 25.7 Å². The Labute approximate surface area is 208 Å². The van der Waals surface area contributed by atoms with Crippen LogP contribution in [0.2, 0.25) is 0 Å². The Hall–Kier alpha value is -4.08. The quantitative estimate of drug-likeness (QED) is 0.464. The molecule has 2 N–H and O–H groups in total. The van der Waals surface area contributed by atoms with Crippen LogP contribution in [0.3, 0.4) is 0 Å². The molecule has 1 aliphatic rings. The van der Waals surface area contributed by atoms with E-state index in [-0.39, 0.29) is 30.6 Å². The van der Waals surface area contributed by atoms with Gasteiger partial charge in [-0.05, 0) is 50.1 Å². The Morgan fingerprint density at radius 2 is 1.89 bits per heavy atom. The molecule has 0 saturated heterocycles. The number of hydrogen-bond donors (Lipinski definition) is 2. The lowest BCUT2D eigenvalue weighted by Crippen LogP contribution is -2.46. The average molecular weight is 494 g/mol. The summed E-state index contributed by atoms with van der Waals surface area (Å²) < 4.78 is 18.6. The third-order valence-electron chi connectivity index (χ3n) is 6.04. The molecule has 4 rings (SSSR count). The molecule has 0 radical (unpaired) electrons. The summed E-state index contributed by atoms with van der Waals surface area (Å²) in [5.41, 5.74) is 0.845. The molecule has 9 nitrogen and oxygen atoms in total. The number of aromatic nitrogens is 2. The van der Waals surface area contributed by atoms with Crippen LogP contribution >= 0.6 is 0 Å². The third-order valence-corrected chi connectivity index (χ3v) is 6.04. The smallest absolute Gasteiger partial charge is 0.248 e. The fourth-order valence-corrected chi connectivity index (χ4v) is 4.32. The largest absolute Gasteiger partial charge is 0.360 e. The standard InChI is InChI=1S/C26H28FN5O4/c1-17-15-22(31-36-17)30-23(33)12-13-24(34)32(21-10-8-19(27)9-11-21)25(18-5-4-14-28-16-18)26(35)29-20-6-2-3-7-20/h4-5,8-11,14-16,20,25H,2-3,6-7,12-13H2,1H3,(H,29,35)(H,30,31,33)/t25-/m0/s1. The van der Waals surface area contributed by atoms with Crippen LogP contribution in [-0.2, 0) is 14.4 Å². The van der Waals surface area contributed by atoms with Crippen molar-refractivity contribution in [1.29, 1.82) is 0 Å². The van der Waals surface area contributed by atoms with E-state index in [1.54, 1.807) is 31.3 Å². The van der Waals surface area contributed by atoms with Crippen molar-refractivity contribution in [3.8, 4) is 0 Å². The number of rotatable bonds is 9. The van der Waals surface area contributed by atoms with Crippen LogP contribution in [-0.4, -0.2) is 33.9 Å². The lowest BCUT2D eigenvalue weighted by Gasteiger charge is -2.32. The molecule has 0 unspecified atom stereocenters. The number of nitrogens with zero attached hydrogens (tertiary/aromatic N) is 3. The van der Waals surface area contributed by atoms with E-state index < -0.39 is 23.7 Å². The minimum Gasteiger partial charge on any atom is -0.360 e. The van der Waals surface area contributed by atoms with Gasteiger partial charge in [-0.25, -0.2) is 4.39 Å². The Bertz CT molecular complexity index is 1190. The number of aryl methyl sites for hydroxylation is 1. The molecule has 188 valence electrons. The highest BCUT2D eigenvalue weighted by atomic mass is 19.1. The van der Waals surface area contributed by atoms with Crippen LogP contribution < -0.4 is 15.5 Å². The van der Waals surface area contributed by atoms with Crippen LogP contribution in [0, 0.1) is 12.7 Å². The fraction of sp³-hybridized carbons (Fsp3) is 0.346. The third kappa shape index (κ3) is 6.32. The van der Waals surface area contributed by atoms with E-state index >= 15 is 0 Å². The molecule has 36 heavy (non-hydrogen) atoms. The van der Waals surface area contributed by atoms with Crippen LogP contribution in [0.1, 0.15) is 55.9 Å². The maximum atomic E-state index is 13.7. The van der Waals surface area contributed by atoms with Crippen molar-refractivity contribution in [2.75, 3.05) is 10.2 Å². The summed E-state index contributed by atoms with van der Waals surface area (Å²) in [7, 11) is 0. The predicted molar refractivity (Wildman–Crippen MR) is 130 cm³/mol. The van der Waals surface area contributed by atoms with Gasteiger partial charge in [0.15, 0.2) is 5.82 Å². The normalized spacial score (nSPS) is 14.3. The van der Waals surface area contributed by atoms with E-state index in [9.17, 15) is 18.8 Å². The predicted octanol–water partition coefficient (Wildman–Crippen LogP) is 4.07. The fourth-order valence-electron chi connectivity index (χ4n) is 4.32. The first kappa shape index (κ1) is 25.0. The summed E-state index contributed by atoms with van der Waals surface area (Å²) in [6.45, 7) is 1.70. The summed E-state index contributed by atoms with van der Waals surface area (Å²) in [6, 6.07) is 9.29. The molecule has 2 heterocycles. The summed E-state index contributed by atoms with van der Waals surface area (Å²) in [4.78, 5) is 45.0. The van der Waals surface area contributed by atoms with E-state index in [4.69, 9.17) is 4.52 Å². The van der Waals surface area contributed by atoms with E-state index in [1.165, 1.54) is 35.4 Å². The van der Waals surface area contributed by atoms with Gasteiger partial charge in [-0.15, -0.1) is 0 Å². The van der Waals surface area contributed by atoms with Gasteiger partial charge in [0.2, 0.25) is 17.7 Å². The second-order valence-corrected chi connectivity index (χ2v) is 8.79. The Kier molecular flexibility index (Phi) is 8.04. The zero-order valence-corrected chi connectivity index (χ0v) is 19.9. The number of anilines is 2. The second-order valence-electron chi connectivity index (χ2n) is 8.79. The molecular formula is C26H28FN5O4. The molecule has 10 heteroatoms. The van der Waals surface area contributed by atoms with Crippen molar-refractivity contribution in [3.05, 3.63) is 72.0 Å². The Morgan fingerprint density at radius 3 is 2.53 bits per heavy atom. The minimum atomic E-state index is -1.04. The molecule has 0 bridgehead atoms. The van der Waals surface area contributed by atoms with Crippen molar-refractivity contribution in [2.45, 2.75) is 57.5 Å². The summed E-state index contributed by atoms with van der Waals surface area (Å²) in [5.74, 6) is -0.926. The van der Waals surface area contributed by atoms with Gasteiger partial charge in [0.25, 0.3) is 0 Å². The summed E-state index contributed by atoms with van der Waals surface area (Å²) >= 11 is 0. The van der Waals surface area contributed by atoms with E-state index in [0.29, 0.717) is 17.0 Å². The van der Waals surface area contributed by atoms with Gasteiger partial charge in [-0.2, -0.15) is 0 Å². The number of pyridine rings is 1. The zero-order valence-electron chi connectivity index (χ0n) is 19.9. The second kappa shape index (κ2) is 11.6. The van der Waals surface area contributed by atoms with E-state index in [2.05, 4.69) is 20.8 Å². The summed E-state index contributed by atoms with van der Waals surface area (Å²) in [5, 5.41) is 9.36.